The number of aromatic nitrogens is 2. The molecule has 0 aliphatic rings. The Morgan fingerprint density at radius 3 is 2.56 bits per heavy atom. The Hall–Kier alpha value is -2.14. The molecular formula is C13H17N5. The van der Waals surface area contributed by atoms with Crippen LogP contribution in [0.3, 0.4) is 0 Å². The van der Waals surface area contributed by atoms with Crippen molar-refractivity contribution < 1.29 is 0 Å². The lowest BCUT2D eigenvalue weighted by molar-refractivity contribution is 1.09. The van der Waals surface area contributed by atoms with E-state index in [9.17, 15) is 0 Å². The van der Waals surface area contributed by atoms with Gasteiger partial charge >= 0.3 is 0 Å². The van der Waals surface area contributed by atoms with Crippen LogP contribution in [-0.4, -0.2) is 9.97 Å². The molecule has 0 bridgehead atoms. The molecule has 0 saturated carbocycles. The molecule has 1 aromatic carbocycles. The SMILES string of the molecule is CCc1ccc(Nc2nc(NN)ncc2C)cc1. The summed E-state index contributed by atoms with van der Waals surface area (Å²) in [7, 11) is 0. The molecule has 5 nitrogen and oxygen atoms in total. The van der Waals surface area contributed by atoms with Gasteiger partial charge in [-0.1, -0.05) is 19.1 Å². The van der Waals surface area contributed by atoms with Gasteiger partial charge < -0.3 is 5.32 Å². The Labute approximate surface area is 106 Å². The van der Waals surface area contributed by atoms with Gasteiger partial charge in [-0.25, -0.2) is 10.8 Å². The number of hydrogen-bond donors (Lipinski definition) is 3. The van der Waals surface area contributed by atoms with Crippen LogP contribution in [0.4, 0.5) is 17.5 Å². The maximum atomic E-state index is 5.30. The second-order valence-electron chi connectivity index (χ2n) is 4.05. The van der Waals surface area contributed by atoms with Gasteiger partial charge in [-0.05, 0) is 31.0 Å². The first-order valence-electron chi connectivity index (χ1n) is 5.89. The van der Waals surface area contributed by atoms with Crippen LogP contribution >= 0.6 is 0 Å². The summed E-state index contributed by atoms with van der Waals surface area (Å²) in [6.45, 7) is 4.08. The number of nitrogens with one attached hydrogen (secondary N) is 2. The molecule has 0 aliphatic heterocycles. The lowest BCUT2D eigenvalue weighted by Gasteiger charge is -2.10. The number of aryl methyl sites for hydroxylation is 2. The third kappa shape index (κ3) is 2.75. The summed E-state index contributed by atoms with van der Waals surface area (Å²) in [4.78, 5) is 8.31. The highest BCUT2D eigenvalue weighted by Gasteiger charge is 2.03. The largest absolute Gasteiger partial charge is 0.340 e. The first kappa shape index (κ1) is 12.3. The maximum Gasteiger partial charge on any atom is 0.239 e. The summed E-state index contributed by atoms with van der Waals surface area (Å²) in [5.41, 5.74) is 5.71. The molecule has 0 fully saturated rings. The fourth-order valence-electron chi connectivity index (χ4n) is 1.60. The number of benzene rings is 1. The van der Waals surface area contributed by atoms with Gasteiger partial charge in [0.2, 0.25) is 5.95 Å². The predicted octanol–water partition coefficient (Wildman–Crippen LogP) is 2.38. The third-order valence-electron chi connectivity index (χ3n) is 2.73. The van der Waals surface area contributed by atoms with Gasteiger partial charge in [0.15, 0.2) is 0 Å². The van der Waals surface area contributed by atoms with Gasteiger partial charge in [0, 0.05) is 17.4 Å². The van der Waals surface area contributed by atoms with Crippen LogP contribution < -0.4 is 16.6 Å². The molecule has 94 valence electrons. The number of nitrogens with two attached hydrogens (primary N) is 1. The normalized spacial score (nSPS) is 10.2. The lowest BCUT2D eigenvalue weighted by Crippen LogP contribution is -2.11. The molecule has 0 atom stereocenters. The Bertz CT molecular complexity index is 521. The van der Waals surface area contributed by atoms with Crippen molar-refractivity contribution >= 4 is 17.5 Å². The minimum atomic E-state index is 0.397. The topological polar surface area (TPSA) is 75.9 Å². The highest BCUT2D eigenvalue weighted by atomic mass is 15.3. The molecule has 1 aromatic heterocycles. The summed E-state index contributed by atoms with van der Waals surface area (Å²) in [5.74, 6) is 6.45. The second-order valence-corrected chi connectivity index (χ2v) is 4.05. The van der Waals surface area contributed by atoms with Crippen molar-refractivity contribution in [1.29, 1.82) is 0 Å². The standard InChI is InChI=1S/C13H17N5/c1-3-10-4-6-11(7-5-10)16-12-9(2)8-15-13(17-12)18-14/h4-8H,3,14H2,1-2H3,(H2,15,16,17,18). The van der Waals surface area contributed by atoms with E-state index in [2.05, 4.69) is 39.8 Å². The van der Waals surface area contributed by atoms with E-state index in [1.807, 2.05) is 19.1 Å². The minimum Gasteiger partial charge on any atom is -0.340 e. The molecular weight excluding hydrogens is 226 g/mol. The highest BCUT2D eigenvalue weighted by molar-refractivity contribution is 5.60. The molecule has 1 heterocycles. The van der Waals surface area contributed by atoms with Crippen molar-refractivity contribution in [2.24, 2.45) is 5.84 Å². The number of hydrazine groups is 1. The van der Waals surface area contributed by atoms with Crippen molar-refractivity contribution in [3.05, 3.63) is 41.6 Å². The smallest absolute Gasteiger partial charge is 0.239 e. The number of nitrogen functional groups attached to an aromatic ring is 1. The van der Waals surface area contributed by atoms with Gasteiger partial charge in [0.25, 0.3) is 0 Å². The molecule has 0 aliphatic carbocycles. The van der Waals surface area contributed by atoms with Gasteiger partial charge in [0.05, 0.1) is 0 Å². The highest BCUT2D eigenvalue weighted by Crippen LogP contribution is 2.19. The average Bonchev–Trinajstić information content (AvgIpc) is 2.42. The van der Waals surface area contributed by atoms with E-state index < -0.39 is 0 Å². The van der Waals surface area contributed by atoms with Crippen molar-refractivity contribution in [2.75, 3.05) is 10.7 Å². The van der Waals surface area contributed by atoms with Crippen molar-refractivity contribution in [3.8, 4) is 0 Å². The Morgan fingerprint density at radius 1 is 1.22 bits per heavy atom. The summed E-state index contributed by atoms with van der Waals surface area (Å²) < 4.78 is 0. The summed E-state index contributed by atoms with van der Waals surface area (Å²) in [6, 6.07) is 8.27. The van der Waals surface area contributed by atoms with Crippen molar-refractivity contribution in [3.63, 3.8) is 0 Å². The van der Waals surface area contributed by atoms with Crippen LogP contribution in [0.1, 0.15) is 18.1 Å². The number of hydrogen-bond acceptors (Lipinski definition) is 5. The van der Waals surface area contributed by atoms with E-state index in [0.717, 1.165) is 23.5 Å². The van der Waals surface area contributed by atoms with Crippen LogP contribution in [-0.2, 0) is 6.42 Å². The number of rotatable bonds is 4. The van der Waals surface area contributed by atoms with Gasteiger partial charge in [-0.15, -0.1) is 0 Å². The van der Waals surface area contributed by atoms with E-state index in [4.69, 9.17) is 5.84 Å². The molecule has 2 rings (SSSR count). The second kappa shape index (κ2) is 5.46. The van der Waals surface area contributed by atoms with Crippen LogP contribution in [0.5, 0.6) is 0 Å². The van der Waals surface area contributed by atoms with E-state index in [1.165, 1.54) is 5.56 Å². The summed E-state index contributed by atoms with van der Waals surface area (Å²) in [5, 5.41) is 3.25. The molecule has 18 heavy (non-hydrogen) atoms. The monoisotopic (exact) mass is 243 g/mol. The first-order valence-corrected chi connectivity index (χ1v) is 5.89. The van der Waals surface area contributed by atoms with E-state index in [-0.39, 0.29) is 0 Å². The molecule has 2 aromatic rings. The molecule has 0 unspecified atom stereocenters. The predicted molar refractivity (Wildman–Crippen MR) is 73.7 cm³/mol. The molecule has 0 amide bonds. The molecule has 4 N–H and O–H groups in total. The molecule has 0 saturated heterocycles. The van der Waals surface area contributed by atoms with Crippen LogP contribution in [0, 0.1) is 6.92 Å². The molecule has 0 radical (unpaired) electrons. The molecule has 5 heteroatoms. The van der Waals surface area contributed by atoms with E-state index in [1.54, 1.807) is 6.20 Å². The first-order chi connectivity index (χ1) is 8.72. The number of anilines is 3. The Balaban J connectivity index is 2.21. The van der Waals surface area contributed by atoms with Crippen LogP contribution in [0.15, 0.2) is 30.5 Å². The van der Waals surface area contributed by atoms with E-state index >= 15 is 0 Å². The van der Waals surface area contributed by atoms with Crippen molar-refractivity contribution in [1.82, 2.24) is 9.97 Å². The van der Waals surface area contributed by atoms with Gasteiger partial charge in [0.1, 0.15) is 5.82 Å². The zero-order valence-corrected chi connectivity index (χ0v) is 10.6. The maximum absolute atomic E-state index is 5.30. The zero-order chi connectivity index (χ0) is 13.0. The number of nitrogens with zero attached hydrogens (tertiary/aromatic N) is 2. The average molecular weight is 243 g/mol. The zero-order valence-electron chi connectivity index (χ0n) is 10.6. The fourth-order valence-corrected chi connectivity index (χ4v) is 1.60. The Kier molecular flexibility index (Phi) is 3.74. The summed E-state index contributed by atoms with van der Waals surface area (Å²) >= 11 is 0. The lowest BCUT2D eigenvalue weighted by atomic mass is 10.1. The van der Waals surface area contributed by atoms with Gasteiger partial charge in [-0.3, -0.25) is 5.43 Å². The van der Waals surface area contributed by atoms with Gasteiger partial charge in [-0.2, -0.15) is 4.98 Å². The van der Waals surface area contributed by atoms with Crippen LogP contribution in [0.2, 0.25) is 0 Å². The van der Waals surface area contributed by atoms with E-state index in [0.29, 0.717) is 5.95 Å². The van der Waals surface area contributed by atoms with Crippen LogP contribution in [0.25, 0.3) is 0 Å². The van der Waals surface area contributed by atoms with Crippen molar-refractivity contribution in [2.45, 2.75) is 20.3 Å². The fraction of sp³-hybridized carbons (Fsp3) is 0.231. The minimum absolute atomic E-state index is 0.397. The summed E-state index contributed by atoms with van der Waals surface area (Å²) in [6.07, 6.45) is 2.76. The third-order valence-corrected chi connectivity index (χ3v) is 2.73. The quantitative estimate of drug-likeness (QED) is 0.568. The Morgan fingerprint density at radius 2 is 1.94 bits per heavy atom. The molecule has 0 spiro atoms.